The number of hydrogen-bond acceptors (Lipinski definition) is 3. The van der Waals surface area contributed by atoms with Gasteiger partial charge in [-0.25, -0.2) is 0 Å². The second-order valence-electron chi connectivity index (χ2n) is 5.17. The highest BCUT2D eigenvalue weighted by atomic mass is 35.5. The molecule has 0 radical (unpaired) electrons. The Kier molecular flexibility index (Phi) is 3.22. The Morgan fingerprint density at radius 1 is 1.44 bits per heavy atom. The van der Waals surface area contributed by atoms with Gasteiger partial charge in [0.25, 0.3) is 0 Å². The number of aliphatic hydroxyl groups excluding tert-OH is 1. The van der Waals surface area contributed by atoms with Crippen molar-refractivity contribution in [1.29, 1.82) is 0 Å². The summed E-state index contributed by atoms with van der Waals surface area (Å²) < 4.78 is 11.2. The molecule has 0 saturated carbocycles. The van der Waals surface area contributed by atoms with Gasteiger partial charge < -0.3 is 14.6 Å². The Labute approximate surface area is 112 Å². The molecule has 1 saturated heterocycles. The molecule has 0 spiro atoms. The monoisotopic (exact) mass is 268 g/mol. The zero-order valence-electron chi connectivity index (χ0n) is 10.4. The van der Waals surface area contributed by atoms with Crippen LogP contribution in [0.4, 0.5) is 0 Å². The highest BCUT2D eigenvalue weighted by molar-refractivity contribution is 6.30. The quantitative estimate of drug-likeness (QED) is 0.896. The van der Waals surface area contributed by atoms with E-state index in [-0.39, 0.29) is 12.0 Å². The van der Waals surface area contributed by atoms with Gasteiger partial charge in [-0.1, -0.05) is 11.6 Å². The Balaban J connectivity index is 1.92. The van der Waals surface area contributed by atoms with E-state index in [2.05, 4.69) is 0 Å². The molecule has 2 heterocycles. The third-order valence-electron chi connectivity index (χ3n) is 3.77. The second kappa shape index (κ2) is 4.72. The van der Waals surface area contributed by atoms with E-state index in [4.69, 9.17) is 21.1 Å². The summed E-state index contributed by atoms with van der Waals surface area (Å²) in [5.41, 5.74) is 1.92. The van der Waals surface area contributed by atoms with E-state index in [1.54, 1.807) is 0 Å². The van der Waals surface area contributed by atoms with Crippen molar-refractivity contribution in [1.82, 2.24) is 0 Å². The lowest BCUT2D eigenvalue weighted by Gasteiger charge is -2.19. The van der Waals surface area contributed by atoms with Gasteiger partial charge in [0.05, 0.1) is 25.4 Å². The molecule has 0 bridgehead atoms. The molecule has 0 aromatic heterocycles. The van der Waals surface area contributed by atoms with E-state index < -0.39 is 6.10 Å². The molecule has 3 atom stereocenters. The largest absolute Gasteiger partial charge is 0.493 e. The van der Waals surface area contributed by atoms with Crippen LogP contribution in [0.15, 0.2) is 12.1 Å². The summed E-state index contributed by atoms with van der Waals surface area (Å²) in [5, 5.41) is 11.2. The molecule has 1 fully saturated rings. The van der Waals surface area contributed by atoms with Gasteiger partial charge in [0, 0.05) is 22.9 Å². The minimum absolute atomic E-state index is 0.131. The fourth-order valence-corrected chi connectivity index (χ4v) is 3.09. The van der Waals surface area contributed by atoms with Gasteiger partial charge in [-0.2, -0.15) is 0 Å². The van der Waals surface area contributed by atoms with Gasteiger partial charge in [0.15, 0.2) is 0 Å². The fraction of sp³-hybridized carbons (Fsp3) is 0.571. The van der Waals surface area contributed by atoms with Crippen molar-refractivity contribution in [3.63, 3.8) is 0 Å². The molecular formula is C14H17ClO3. The maximum Gasteiger partial charge on any atom is 0.128 e. The molecule has 4 heteroatoms. The van der Waals surface area contributed by atoms with Crippen LogP contribution in [-0.4, -0.2) is 24.4 Å². The molecule has 1 N–H and O–H groups in total. The number of hydrogen-bond donors (Lipinski definition) is 1. The molecule has 2 aliphatic rings. The van der Waals surface area contributed by atoms with Gasteiger partial charge in [-0.15, -0.1) is 0 Å². The van der Waals surface area contributed by atoms with Crippen LogP contribution in [0.3, 0.4) is 0 Å². The highest BCUT2D eigenvalue weighted by Gasteiger charge is 2.32. The topological polar surface area (TPSA) is 38.7 Å². The second-order valence-corrected chi connectivity index (χ2v) is 5.60. The van der Waals surface area contributed by atoms with E-state index in [0.29, 0.717) is 18.2 Å². The average Bonchev–Trinajstić information content (AvgIpc) is 2.95. The maximum atomic E-state index is 10.5. The molecule has 0 amide bonds. The predicted octanol–water partition coefficient (Wildman–Crippen LogP) is 2.73. The van der Waals surface area contributed by atoms with Crippen LogP contribution in [0, 0.1) is 5.92 Å². The van der Waals surface area contributed by atoms with Crippen molar-refractivity contribution < 1.29 is 14.6 Å². The van der Waals surface area contributed by atoms with Crippen LogP contribution in [0.5, 0.6) is 5.75 Å². The average molecular weight is 269 g/mol. The van der Waals surface area contributed by atoms with Gasteiger partial charge in [0.1, 0.15) is 5.75 Å². The Hall–Kier alpha value is -0.770. The van der Waals surface area contributed by atoms with Crippen molar-refractivity contribution in [2.75, 3.05) is 13.2 Å². The molecular weight excluding hydrogens is 252 g/mol. The van der Waals surface area contributed by atoms with Crippen molar-refractivity contribution in [2.24, 2.45) is 5.92 Å². The Morgan fingerprint density at radius 3 is 3.00 bits per heavy atom. The molecule has 3 unspecified atom stereocenters. The van der Waals surface area contributed by atoms with Crippen LogP contribution in [-0.2, 0) is 11.2 Å². The maximum absolute atomic E-state index is 10.5. The molecule has 1 aromatic carbocycles. The van der Waals surface area contributed by atoms with Crippen molar-refractivity contribution in [2.45, 2.75) is 32.0 Å². The van der Waals surface area contributed by atoms with Gasteiger partial charge in [0.2, 0.25) is 0 Å². The first-order valence-electron chi connectivity index (χ1n) is 6.40. The first kappa shape index (κ1) is 12.3. The van der Waals surface area contributed by atoms with E-state index in [1.807, 2.05) is 19.1 Å². The molecule has 18 heavy (non-hydrogen) atoms. The number of rotatable bonds is 2. The zero-order chi connectivity index (χ0) is 12.7. The Morgan fingerprint density at radius 2 is 2.28 bits per heavy atom. The van der Waals surface area contributed by atoms with E-state index in [9.17, 15) is 5.11 Å². The molecule has 2 aliphatic heterocycles. The summed E-state index contributed by atoms with van der Waals surface area (Å²) in [6.45, 7) is 3.31. The van der Waals surface area contributed by atoms with Gasteiger partial charge in [-0.05, 0) is 31.0 Å². The minimum atomic E-state index is -0.555. The van der Waals surface area contributed by atoms with Crippen LogP contribution < -0.4 is 4.74 Å². The number of ether oxygens (including phenoxy) is 2. The lowest BCUT2D eigenvalue weighted by molar-refractivity contribution is 0.0789. The van der Waals surface area contributed by atoms with Gasteiger partial charge in [-0.3, -0.25) is 0 Å². The van der Waals surface area contributed by atoms with Crippen LogP contribution in [0.2, 0.25) is 5.02 Å². The number of benzene rings is 1. The van der Waals surface area contributed by atoms with E-state index in [0.717, 1.165) is 29.7 Å². The smallest absolute Gasteiger partial charge is 0.128 e. The van der Waals surface area contributed by atoms with Gasteiger partial charge >= 0.3 is 0 Å². The van der Waals surface area contributed by atoms with Crippen molar-refractivity contribution in [3.05, 3.63) is 28.3 Å². The van der Waals surface area contributed by atoms with Crippen LogP contribution in [0.1, 0.15) is 30.6 Å². The summed E-state index contributed by atoms with van der Waals surface area (Å²) in [5.74, 6) is 0.957. The molecule has 3 rings (SSSR count). The SMILES string of the molecule is CC1CC(C(O)c2cc(Cl)cc3c2OCC3)CO1. The first-order chi connectivity index (χ1) is 8.65. The molecule has 1 aromatic rings. The highest BCUT2D eigenvalue weighted by Crippen LogP contribution is 2.41. The van der Waals surface area contributed by atoms with E-state index >= 15 is 0 Å². The standard InChI is InChI=1S/C14H17ClO3/c1-8-4-10(7-18-8)13(16)12-6-11(15)5-9-2-3-17-14(9)12/h5-6,8,10,13,16H,2-4,7H2,1H3. The molecule has 0 aliphatic carbocycles. The zero-order valence-corrected chi connectivity index (χ0v) is 11.1. The van der Waals surface area contributed by atoms with Crippen LogP contribution >= 0.6 is 11.6 Å². The minimum Gasteiger partial charge on any atom is -0.493 e. The Bertz CT molecular complexity index is 461. The summed E-state index contributed by atoms with van der Waals surface area (Å²) in [4.78, 5) is 0. The summed E-state index contributed by atoms with van der Waals surface area (Å²) in [7, 11) is 0. The summed E-state index contributed by atoms with van der Waals surface area (Å²) >= 11 is 6.11. The van der Waals surface area contributed by atoms with Crippen LogP contribution in [0.25, 0.3) is 0 Å². The number of fused-ring (bicyclic) bond motifs is 1. The molecule has 98 valence electrons. The third kappa shape index (κ3) is 2.11. The first-order valence-corrected chi connectivity index (χ1v) is 6.77. The number of halogens is 1. The van der Waals surface area contributed by atoms with Crippen molar-refractivity contribution >= 4 is 11.6 Å². The fourth-order valence-electron chi connectivity index (χ4n) is 2.84. The normalized spacial score (nSPS) is 27.9. The lowest BCUT2D eigenvalue weighted by Crippen LogP contribution is -2.13. The summed E-state index contributed by atoms with van der Waals surface area (Å²) in [6.07, 6.45) is 1.41. The predicted molar refractivity (Wildman–Crippen MR) is 69.1 cm³/mol. The third-order valence-corrected chi connectivity index (χ3v) is 3.99. The van der Waals surface area contributed by atoms with Crippen molar-refractivity contribution in [3.8, 4) is 5.75 Å². The number of aliphatic hydroxyl groups is 1. The van der Waals surface area contributed by atoms with E-state index in [1.165, 1.54) is 0 Å². The summed E-state index contributed by atoms with van der Waals surface area (Å²) in [6, 6.07) is 3.74. The lowest BCUT2D eigenvalue weighted by atomic mass is 9.92. The molecule has 3 nitrogen and oxygen atoms in total.